The van der Waals surface area contributed by atoms with Crippen molar-refractivity contribution in [2.24, 2.45) is 0 Å². The van der Waals surface area contributed by atoms with Crippen LogP contribution in [0.15, 0.2) is 72.9 Å². The first kappa shape index (κ1) is 20.3. The summed E-state index contributed by atoms with van der Waals surface area (Å²) in [5.74, 6) is 1.04. The zero-order chi connectivity index (χ0) is 21.8. The van der Waals surface area contributed by atoms with Crippen molar-refractivity contribution in [2.75, 3.05) is 26.6 Å². The van der Waals surface area contributed by atoms with Crippen molar-refractivity contribution in [1.29, 1.82) is 0 Å². The second-order valence-electron chi connectivity index (χ2n) is 7.04. The molecule has 6 nitrogen and oxygen atoms in total. The number of aromatic nitrogens is 1. The molecule has 0 spiro atoms. The number of amides is 1. The van der Waals surface area contributed by atoms with Gasteiger partial charge in [-0.05, 0) is 35.9 Å². The molecule has 0 aliphatic heterocycles. The number of rotatable bonds is 7. The third-order valence-electron chi connectivity index (χ3n) is 5.18. The fourth-order valence-corrected chi connectivity index (χ4v) is 3.66. The second kappa shape index (κ2) is 8.83. The van der Waals surface area contributed by atoms with Gasteiger partial charge >= 0.3 is 0 Å². The van der Waals surface area contributed by atoms with Crippen LogP contribution in [0.5, 0.6) is 17.2 Å². The Morgan fingerprint density at radius 2 is 1.58 bits per heavy atom. The smallest absolute Gasteiger partial charge is 0.255 e. The van der Waals surface area contributed by atoms with Gasteiger partial charge in [-0.3, -0.25) is 4.79 Å². The van der Waals surface area contributed by atoms with E-state index >= 15 is 0 Å². The van der Waals surface area contributed by atoms with Crippen molar-refractivity contribution in [2.45, 2.75) is 6.54 Å². The molecular weight excluding hydrogens is 392 g/mol. The summed E-state index contributed by atoms with van der Waals surface area (Å²) in [5.41, 5.74) is 3.41. The summed E-state index contributed by atoms with van der Waals surface area (Å²) in [6, 6.07) is 21.4. The summed E-state index contributed by atoms with van der Waals surface area (Å²) in [4.78, 5) is 13.0. The molecule has 1 heterocycles. The Bertz CT molecular complexity index is 1190. The first-order chi connectivity index (χ1) is 15.1. The van der Waals surface area contributed by atoms with E-state index in [0.717, 1.165) is 23.1 Å². The molecule has 0 aliphatic rings. The van der Waals surface area contributed by atoms with Gasteiger partial charge in [-0.15, -0.1) is 0 Å². The van der Waals surface area contributed by atoms with Gasteiger partial charge in [-0.1, -0.05) is 36.4 Å². The Morgan fingerprint density at radius 1 is 0.871 bits per heavy atom. The van der Waals surface area contributed by atoms with Crippen LogP contribution in [0.4, 0.5) is 5.69 Å². The predicted molar refractivity (Wildman–Crippen MR) is 122 cm³/mol. The Labute approximate surface area is 181 Å². The third kappa shape index (κ3) is 4.05. The number of ether oxygens (including phenoxy) is 3. The number of hydrogen-bond acceptors (Lipinski definition) is 4. The zero-order valence-electron chi connectivity index (χ0n) is 17.7. The number of hydrogen-bond donors (Lipinski definition) is 1. The maximum atomic E-state index is 13.0. The molecule has 0 saturated heterocycles. The standard InChI is InChI=1S/C25H24N2O4/c1-29-22-14-18(15-23(30-2)24(22)31-3)25(28)26-20-10-7-11-21-19(20)12-13-27(21)16-17-8-5-4-6-9-17/h4-15H,16H2,1-3H3,(H,26,28). The van der Waals surface area contributed by atoms with E-state index < -0.39 is 0 Å². The van der Waals surface area contributed by atoms with E-state index in [2.05, 4.69) is 22.0 Å². The van der Waals surface area contributed by atoms with Crippen molar-refractivity contribution >= 4 is 22.5 Å². The molecule has 0 bridgehead atoms. The molecule has 4 aromatic rings. The summed E-state index contributed by atoms with van der Waals surface area (Å²) in [7, 11) is 4.57. The number of methoxy groups -OCH3 is 3. The van der Waals surface area contributed by atoms with Gasteiger partial charge in [0.1, 0.15) is 0 Å². The molecular formula is C25H24N2O4. The van der Waals surface area contributed by atoms with Crippen molar-refractivity contribution in [3.05, 3.63) is 84.1 Å². The van der Waals surface area contributed by atoms with E-state index in [-0.39, 0.29) is 5.91 Å². The average molecular weight is 416 g/mol. The molecule has 0 fully saturated rings. The first-order valence-corrected chi connectivity index (χ1v) is 9.87. The Kier molecular flexibility index (Phi) is 5.80. The van der Waals surface area contributed by atoms with Crippen LogP contribution >= 0.6 is 0 Å². The molecule has 0 unspecified atom stereocenters. The molecule has 0 saturated carbocycles. The van der Waals surface area contributed by atoms with Crippen LogP contribution in [0.1, 0.15) is 15.9 Å². The van der Waals surface area contributed by atoms with E-state index in [1.54, 1.807) is 12.1 Å². The molecule has 0 atom stereocenters. The highest BCUT2D eigenvalue weighted by Crippen LogP contribution is 2.38. The Hall–Kier alpha value is -3.93. The first-order valence-electron chi connectivity index (χ1n) is 9.87. The number of nitrogens with one attached hydrogen (secondary N) is 1. The van der Waals surface area contributed by atoms with Crippen LogP contribution in [0.25, 0.3) is 10.9 Å². The average Bonchev–Trinajstić information content (AvgIpc) is 3.22. The van der Waals surface area contributed by atoms with Crippen LogP contribution in [0.3, 0.4) is 0 Å². The van der Waals surface area contributed by atoms with Gasteiger partial charge in [0.05, 0.1) is 32.5 Å². The number of carbonyl (C=O) groups excluding carboxylic acids is 1. The van der Waals surface area contributed by atoms with Crippen LogP contribution < -0.4 is 19.5 Å². The summed E-state index contributed by atoms with van der Waals surface area (Å²) < 4.78 is 18.2. The molecule has 4 rings (SSSR count). The second-order valence-corrected chi connectivity index (χ2v) is 7.04. The van der Waals surface area contributed by atoms with Gasteiger partial charge in [0.25, 0.3) is 5.91 Å². The van der Waals surface area contributed by atoms with E-state index in [9.17, 15) is 4.79 Å². The van der Waals surface area contributed by atoms with Gasteiger partial charge in [0.15, 0.2) is 11.5 Å². The Balaban J connectivity index is 1.64. The lowest BCUT2D eigenvalue weighted by molar-refractivity contribution is 0.102. The van der Waals surface area contributed by atoms with E-state index in [1.807, 2.05) is 48.7 Å². The minimum atomic E-state index is -0.262. The van der Waals surface area contributed by atoms with E-state index in [1.165, 1.54) is 26.9 Å². The van der Waals surface area contributed by atoms with E-state index in [4.69, 9.17) is 14.2 Å². The molecule has 1 amide bonds. The van der Waals surface area contributed by atoms with Gasteiger partial charge in [-0.25, -0.2) is 0 Å². The lowest BCUT2D eigenvalue weighted by atomic mass is 10.1. The molecule has 6 heteroatoms. The Morgan fingerprint density at radius 3 is 2.23 bits per heavy atom. The van der Waals surface area contributed by atoms with Crippen molar-refractivity contribution in [3.63, 3.8) is 0 Å². The third-order valence-corrected chi connectivity index (χ3v) is 5.18. The summed E-state index contributed by atoms with van der Waals surface area (Å²) in [6.07, 6.45) is 2.03. The van der Waals surface area contributed by atoms with Crippen LogP contribution in [0.2, 0.25) is 0 Å². The summed E-state index contributed by atoms with van der Waals surface area (Å²) in [6.45, 7) is 0.759. The SMILES string of the molecule is COc1cc(C(=O)Nc2cccc3c2ccn3Cc2ccccc2)cc(OC)c1OC. The van der Waals surface area contributed by atoms with Gasteiger partial charge < -0.3 is 24.1 Å². The van der Waals surface area contributed by atoms with Crippen LogP contribution in [0, 0.1) is 0 Å². The highest BCUT2D eigenvalue weighted by Gasteiger charge is 2.18. The lowest BCUT2D eigenvalue weighted by Crippen LogP contribution is -2.13. The minimum Gasteiger partial charge on any atom is -0.493 e. The number of anilines is 1. The molecule has 1 N–H and O–H groups in total. The van der Waals surface area contributed by atoms with Gasteiger partial charge in [-0.2, -0.15) is 0 Å². The molecule has 0 radical (unpaired) electrons. The van der Waals surface area contributed by atoms with E-state index in [0.29, 0.717) is 22.8 Å². The predicted octanol–water partition coefficient (Wildman–Crippen LogP) is 4.97. The van der Waals surface area contributed by atoms with Crippen molar-refractivity contribution < 1.29 is 19.0 Å². The molecule has 1 aromatic heterocycles. The lowest BCUT2D eigenvalue weighted by Gasteiger charge is -2.14. The molecule has 3 aromatic carbocycles. The van der Waals surface area contributed by atoms with Crippen LogP contribution in [-0.4, -0.2) is 31.8 Å². The molecule has 158 valence electrons. The normalized spacial score (nSPS) is 10.7. The molecule has 31 heavy (non-hydrogen) atoms. The fraction of sp³-hybridized carbons (Fsp3) is 0.160. The highest BCUT2D eigenvalue weighted by atomic mass is 16.5. The largest absolute Gasteiger partial charge is 0.493 e. The van der Waals surface area contributed by atoms with Crippen LogP contribution in [-0.2, 0) is 6.54 Å². The number of nitrogens with zero attached hydrogens (tertiary/aromatic N) is 1. The summed E-state index contributed by atoms with van der Waals surface area (Å²) >= 11 is 0. The summed E-state index contributed by atoms with van der Waals surface area (Å²) in [5, 5.41) is 3.99. The minimum absolute atomic E-state index is 0.262. The maximum absolute atomic E-state index is 13.0. The monoisotopic (exact) mass is 416 g/mol. The number of fused-ring (bicyclic) bond motifs is 1. The molecule has 0 aliphatic carbocycles. The van der Waals surface area contributed by atoms with Crippen molar-refractivity contribution in [3.8, 4) is 17.2 Å². The topological polar surface area (TPSA) is 61.7 Å². The van der Waals surface area contributed by atoms with Gasteiger partial charge in [0, 0.05) is 23.7 Å². The number of carbonyl (C=O) groups is 1. The quantitative estimate of drug-likeness (QED) is 0.462. The maximum Gasteiger partial charge on any atom is 0.255 e. The highest BCUT2D eigenvalue weighted by molar-refractivity contribution is 6.09. The van der Waals surface area contributed by atoms with Gasteiger partial charge in [0.2, 0.25) is 5.75 Å². The fourth-order valence-electron chi connectivity index (χ4n) is 3.66. The van der Waals surface area contributed by atoms with Crippen molar-refractivity contribution in [1.82, 2.24) is 4.57 Å². The zero-order valence-corrected chi connectivity index (χ0v) is 17.7. The number of benzene rings is 3.